The smallest absolute Gasteiger partial charge is 0.306 e. The molecule has 0 N–H and O–H groups in total. The molecular weight excluding hydrogens is 697 g/mol. The van der Waals surface area contributed by atoms with E-state index in [4.69, 9.17) is 14.2 Å². The summed E-state index contributed by atoms with van der Waals surface area (Å²) < 4.78 is 16.7. The van der Waals surface area contributed by atoms with E-state index in [0.29, 0.717) is 19.3 Å². The first-order valence-corrected chi connectivity index (χ1v) is 24.7. The van der Waals surface area contributed by atoms with Crippen LogP contribution in [0, 0.1) is 0 Å². The molecule has 0 radical (unpaired) electrons. The number of carbonyl (C=O) groups excluding carboxylic acids is 3. The molecule has 0 aliphatic heterocycles. The van der Waals surface area contributed by atoms with Crippen LogP contribution in [-0.2, 0) is 28.6 Å². The first-order valence-electron chi connectivity index (χ1n) is 24.7. The van der Waals surface area contributed by atoms with E-state index >= 15 is 0 Å². The van der Waals surface area contributed by atoms with Gasteiger partial charge in [0.05, 0.1) is 0 Å². The Labute approximate surface area is 348 Å². The summed E-state index contributed by atoms with van der Waals surface area (Å²) in [4.78, 5) is 37.8. The molecule has 0 heterocycles. The summed E-state index contributed by atoms with van der Waals surface area (Å²) in [7, 11) is 0. The summed E-state index contributed by atoms with van der Waals surface area (Å²) in [5.41, 5.74) is 0. The molecule has 0 aliphatic rings. The minimum absolute atomic E-state index is 0.0685. The Balaban J connectivity index is 4.32. The highest BCUT2D eigenvalue weighted by molar-refractivity contribution is 5.71. The van der Waals surface area contributed by atoms with E-state index in [2.05, 4.69) is 32.9 Å². The molecule has 1 unspecified atom stereocenters. The number of esters is 3. The summed E-state index contributed by atoms with van der Waals surface area (Å²) in [6.45, 7) is 6.63. The molecule has 6 nitrogen and oxygen atoms in total. The molecule has 0 bridgehead atoms. The van der Waals surface area contributed by atoms with Crippen molar-refractivity contribution in [2.75, 3.05) is 13.2 Å². The number of ether oxygens (including phenoxy) is 3. The molecule has 0 aliphatic carbocycles. The Hall–Kier alpha value is -1.85. The second-order valence-corrected chi connectivity index (χ2v) is 16.7. The zero-order valence-corrected chi connectivity index (χ0v) is 37.7. The van der Waals surface area contributed by atoms with Crippen LogP contribution in [-0.4, -0.2) is 37.2 Å². The number of carbonyl (C=O) groups is 3. The molecule has 0 amide bonds. The van der Waals surface area contributed by atoms with Crippen LogP contribution in [0.5, 0.6) is 0 Å². The zero-order valence-electron chi connectivity index (χ0n) is 37.7. The molecule has 0 fully saturated rings. The van der Waals surface area contributed by atoms with Crippen molar-refractivity contribution in [2.45, 2.75) is 277 Å². The molecule has 330 valence electrons. The van der Waals surface area contributed by atoms with Gasteiger partial charge in [0.2, 0.25) is 0 Å². The second kappa shape index (κ2) is 45.8. The summed E-state index contributed by atoms with van der Waals surface area (Å²) >= 11 is 0. The van der Waals surface area contributed by atoms with Gasteiger partial charge in [-0.25, -0.2) is 0 Å². The second-order valence-electron chi connectivity index (χ2n) is 16.7. The molecule has 0 saturated carbocycles. The van der Waals surface area contributed by atoms with E-state index in [0.717, 1.165) is 64.2 Å². The summed E-state index contributed by atoms with van der Waals surface area (Å²) in [5, 5.41) is 0. The van der Waals surface area contributed by atoms with Crippen molar-refractivity contribution in [2.24, 2.45) is 0 Å². The molecular formula is C50H94O6. The zero-order chi connectivity index (χ0) is 40.8. The number of hydrogen-bond acceptors (Lipinski definition) is 6. The van der Waals surface area contributed by atoms with Gasteiger partial charge in [-0.1, -0.05) is 219 Å². The lowest BCUT2D eigenvalue weighted by Gasteiger charge is -2.18. The third-order valence-corrected chi connectivity index (χ3v) is 11.0. The van der Waals surface area contributed by atoms with E-state index in [1.54, 1.807) is 0 Å². The van der Waals surface area contributed by atoms with Crippen molar-refractivity contribution in [1.82, 2.24) is 0 Å². The molecule has 1 atom stereocenters. The molecule has 56 heavy (non-hydrogen) atoms. The summed E-state index contributed by atoms with van der Waals surface area (Å²) in [6, 6.07) is 0. The normalized spacial score (nSPS) is 12.0. The first-order chi connectivity index (χ1) is 27.5. The van der Waals surface area contributed by atoms with Crippen LogP contribution in [0.2, 0.25) is 0 Å². The van der Waals surface area contributed by atoms with Crippen molar-refractivity contribution in [3.63, 3.8) is 0 Å². The van der Waals surface area contributed by atoms with Crippen molar-refractivity contribution in [3.05, 3.63) is 12.2 Å². The van der Waals surface area contributed by atoms with Gasteiger partial charge in [-0.05, 0) is 44.9 Å². The highest BCUT2D eigenvalue weighted by Crippen LogP contribution is 2.16. The van der Waals surface area contributed by atoms with E-state index in [1.807, 2.05) is 0 Å². The average Bonchev–Trinajstić information content (AvgIpc) is 3.19. The molecule has 0 rings (SSSR count). The van der Waals surface area contributed by atoms with Gasteiger partial charge < -0.3 is 14.2 Å². The SMILES string of the molecule is CCCCCC/C=C\CCCCCCCC(=O)OC(COC(=O)CCCCCCCCCCCC)COC(=O)CCCCCCCCCCCCCCCCC. The number of hydrogen-bond donors (Lipinski definition) is 0. The Morgan fingerprint density at radius 3 is 0.911 bits per heavy atom. The standard InChI is InChI=1S/C50H94O6/c1-4-7-10-13-16-19-22-24-25-27-28-31-34-37-40-43-49(52)55-46-47(45-54-48(51)42-39-36-33-30-21-18-15-12-9-6-3)56-50(53)44-41-38-35-32-29-26-23-20-17-14-11-8-5-2/h20,23,47H,4-19,21-22,24-46H2,1-3H3/b23-20-. The van der Waals surface area contributed by atoms with Gasteiger partial charge in [0.25, 0.3) is 0 Å². The van der Waals surface area contributed by atoms with Gasteiger partial charge in [-0.15, -0.1) is 0 Å². The van der Waals surface area contributed by atoms with Gasteiger partial charge in [0.15, 0.2) is 6.10 Å². The molecule has 0 aromatic carbocycles. The number of rotatable bonds is 45. The Bertz CT molecular complexity index is 870. The molecule has 6 heteroatoms. The number of allylic oxidation sites excluding steroid dienone is 2. The van der Waals surface area contributed by atoms with Gasteiger partial charge >= 0.3 is 17.9 Å². The van der Waals surface area contributed by atoms with E-state index in [1.165, 1.54) is 167 Å². The van der Waals surface area contributed by atoms with Gasteiger partial charge in [0, 0.05) is 19.3 Å². The van der Waals surface area contributed by atoms with Crippen LogP contribution >= 0.6 is 0 Å². The van der Waals surface area contributed by atoms with E-state index in [-0.39, 0.29) is 31.1 Å². The van der Waals surface area contributed by atoms with E-state index in [9.17, 15) is 14.4 Å². The van der Waals surface area contributed by atoms with E-state index < -0.39 is 6.10 Å². The largest absolute Gasteiger partial charge is 0.462 e. The van der Waals surface area contributed by atoms with Crippen LogP contribution in [0.3, 0.4) is 0 Å². The predicted octanol–water partition coefficient (Wildman–Crippen LogP) is 15.8. The van der Waals surface area contributed by atoms with Crippen LogP contribution < -0.4 is 0 Å². The number of unbranched alkanes of at least 4 members (excludes halogenated alkanes) is 32. The fraction of sp³-hybridized carbons (Fsp3) is 0.900. The van der Waals surface area contributed by atoms with Crippen LogP contribution in [0.15, 0.2) is 12.2 Å². The fourth-order valence-corrected chi connectivity index (χ4v) is 7.26. The molecule has 0 spiro atoms. The van der Waals surface area contributed by atoms with Crippen molar-refractivity contribution >= 4 is 17.9 Å². The molecule has 0 saturated heterocycles. The average molecular weight is 791 g/mol. The van der Waals surface area contributed by atoms with Crippen LogP contribution in [0.25, 0.3) is 0 Å². The Kier molecular flexibility index (Phi) is 44.3. The third kappa shape index (κ3) is 43.3. The van der Waals surface area contributed by atoms with Crippen molar-refractivity contribution < 1.29 is 28.6 Å². The highest BCUT2D eigenvalue weighted by atomic mass is 16.6. The first kappa shape index (κ1) is 54.2. The molecule has 0 aromatic heterocycles. The minimum atomic E-state index is -0.766. The van der Waals surface area contributed by atoms with Crippen LogP contribution in [0.1, 0.15) is 271 Å². The quantitative estimate of drug-likeness (QED) is 0.0264. The predicted molar refractivity (Wildman–Crippen MR) is 238 cm³/mol. The molecule has 0 aromatic rings. The highest BCUT2D eigenvalue weighted by Gasteiger charge is 2.19. The maximum absolute atomic E-state index is 12.7. The Morgan fingerprint density at radius 1 is 0.339 bits per heavy atom. The monoisotopic (exact) mass is 791 g/mol. The fourth-order valence-electron chi connectivity index (χ4n) is 7.26. The maximum atomic E-state index is 12.7. The van der Waals surface area contributed by atoms with Gasteiger partial charge in [-0.2, -0.15) is 0 Å². The summed E-state index contributed by atoms with van der Waals surface area (Å²) in [5.74, 6) is -0.866. The minimum Gasteiger partial charge on any atom is -0.462 e. The lowest BCUT2D eigenvalue weighted by Crippen LogP contribution is -2.30. The Morgan fingerprint density at radius 2 is 0.589 bits per heavy atom. The summed E-state index contributed by atoms with van der Waals surface area (Å²) in [6.07, 6.45) is 49.0. The van der Waals surface area contributed by atoms with Gasteiger partial charge in [-0.3, -0.25) is 14.4 Å². The van der Waals surface area contributed by atoms with Crippen molar-refractivity contribution in [1.29, 1.82) is 0 Å². The van der Waals surface area contributed by atoms with Gasteiger partial charge in [0.1, 0.15) is 13.2 Å². The lowest BCUT2D eigenvalue weighted by molar-refractivity contribution is -0.167. The maximum Gasteiger partial charge on any atom is 0.306 e. The lowest BCUT2D eigenvalue weighted by atomic mass is 10.0. The third-order valence-electron chi connectivity index (χ3n) is 11.0. The van der Waals surface area contributed by atoms with Crippen molar-refractivity contribution in [3.8, 4) is 0 Å². The topological polar surface area (TPSA) is 78.9 Å². The van der Waals surface area contributed by atoms with Crippen LogP contribution in [0.4, 0.5) is 0 Å².